The molecule has 10 rings (SSSR count). The second kappa shape index (κ2) is 14.7. The van der Waals surface area contributed by atoms with Crippen molar-refractivity contribution in [2.75, 3.05) is 4.90 Å². The van der Waals surface area contributed by atoms with Crippen molar-refractivity contribution in [1.82, 2.24) is 0 Å². The topological polar surface area (TPSA) is 3.24 Å². The van der Waals surface area contributed by atoms with Gasteiger partial charge >= 0.3 is 0 Å². The monoisotopic (exact) mass is 791 g/mol. The zero-order chi connectivity index (χ0) is 41.2. The van der Waals surface area contributed by atoms with Crippen molar-refractivity contribution in [3.05, 3.63) is 199 Å². The molecule has 0 amide bonds. The van der Waals surface area contributed by atoms with Crippen molar-refractivity contribution in [2.45, 2.75) is 52.4 Å². The first kappa shape index (κ1) is 37.8. The molecular weight excluding hydrogens is 743 g/mol. The molecule has 0 unspecified atom stereocenters. The van der Waals surface area contributed by atoms with Gasteiger partial charge in [0.25, 0.3) is 0 Å². The Kier molecular flexibility index (Phi) is 9.23. The largest absolute Gasteiger partial charge is 0.310 e. The number of anilines is 3. The Balaban J connectivity index is 1.21. The van der Waals surface area contributed by atoms with Gasteiger partial charge in [0.05, 0.1) is 5.69 Å². The Morgan fingerprint density at radius 2 is 0.933 bits per heavy atom. The van der Waals surface area contributed by atoms with Crippen molar-refractivity contribution in [2.24, 2.45) is 0 Å². The lowest BCUT2D eigenvalue weighted by atomic mass is 9.78. The van der Waals surface area contributed by atoms with E-state index in [9.17, 15) is 0 Å². The lowest BCUT2D eigenvalue weighted by Crippen LogP contribution is -2.16. The van der Waals surface area contributed by atoms with Crippen LogP contribution in [0, 0.1) is 0 Å². The molecule has 0 aliphatic carbocycles. The van der Waals surface area contributed by atoms with Crippen molar-refractivity contribution in [3.8, 4) is 33.4 Å². The van der Waals surface area contributed by atoms with E-state index in [4.69, 9.17) is 0 Å². The first-order valence-electron chi connectivity index (χ1n) is 21.1. The number of fused-ring (bicyclic) bond motifs is 5. The maximum atomic E-state index is 2.47. The Labute approximate surface area is 358 Å². The van der Waals surface area contributed by atoms with Crippen LogP contribution in [0.4, 0.5) is 17.1 Å². The van der Waals surface area contributed by atoms with Gasteiger partial charge in [-0.1, -0.05) is 187 Å². The van der Waals surface area contributed by atoms with Gasteiger partial charge in [-0.05, 0) is 114 Å². The number of para-hydroxylation sites is 1. The highest BCUT2D eigenvalue weighted by atomic mass is 32.1. The van der Waals surface area contributed by atoms with Crippen molar-refractivity contribution >= 4 is 70.1 Å². The fraction of sp³-hybridized carbons (Fsp3) is 0.138. The summed E-state index contributed by atoms with van der Waals surface area (Å²) >= 11 is 1.87. The van der Waals surface area contributed by atoms with Gasteiger partial charge in [0.15, 0.2) is 0 Å². The van der Waals surface area contributed by atoms with Gasteiger partial charge < -0.3 is 4.90 Å². The van der Waals surface area contributed by atoms with Crippen LogP contribution in [0.5, 0.6) is 0 Å². The van der Waals surface area contributed by atoms with Gasteiger partial charge in [-0.3, -0.25) is 0 Å². The quantitative estimate of drug-likeness (QED) is 0.162. The summed E-state index contributed by atoms with van der Waals surface area (Å²) in [5.41, 5.74) is 13.5. The molecule has 0 saturated carbocycles. The van der Waals surface area contributed by atoms with Crippen LogP contribution in [0.25, 0.3) is 75.1 Å². The minimum absolute atomic E-state index is 0.00691. The van der Waals surface area contributed by atoms with Crippen LogP contribution in [-0.4, -0.2) is 0 Å². The molecule has 10 aromatic rings. The highest BCUT2D eigenvalue weighted by Crippen LogP contribution is 2.47. The van der Waals surface area contributed by atoms with E-state index in [1.807, 2.05) is 11.3 Å². The first-order valence-corrected chi connectivity index (χ1v) is 21.9. The Morgan fingerprint density at radius 1 is 0.367 bits per heavy atom. The third-order valence-electron chi connectivity index (χ3n) is 12.1. The third-order valence-corrected chi connectivity index (χ3v) is 13.3. The van der Waals surface area contributed by atoms with Crippen LogP contribution < -0.4 is 4.90 Å². The molecule has 0 spiro atoms. The predicted molar refractivity (Wildman–Crippen MR) is 263 cm³/mol. The fourth-order valence-corrected chi connectivity index (χ4v) is 10.1. The lowest BCUT2D eigenvalue weighted by Gasteiger charge is -2.29. The summed E-state index contributed by atoms with van der Waals surface area (Å²) in [6.45, 7) is 13.9. The van der Waals surface area contributed by atoms with Crippen LogP contribution >= 0.6 is 11.3 Å². The average Bonchev–Trinajstić information content (AvgIpc) is 3.65. The maximum Gasteiger partial charge on any atom is 0.0540 e. The Morgan fingerprint density at radius 3 is 1.70 bits per heavy atom. The van der Waals surface area contributed by atoms with Crippen LogP contribution in [0.15, 0.2) is 188 Å². The molecule has 0 saturated heterocycles. The number of benzene rings is 9. The van der Waals surface area contributed by atoms with Crippen molar-refractivity contribution in [1.29, 1.82) is 0 Å². The van der Waals surface area contributed by atoms with Gasteiger partial charge in [-0.25, -0.2) is 0 Å². The summed E-state index contributed by atoms with van der Waals surface area (Å²) < 4.78 is 2.63. The van der Waals surface area contributed by atoms with E-state index in [0.29, 0.717) is 0 Å². The maximum absolute atomic E-state index is 2.47. The highest BCUT2D eigenvalue weighted by molar-refractivity contribution is 7.25. The van der Waals surface area contributed by atoms with E-state index in [0.717, 1.165) is 17.1 Å². The van der Waals surface area contributed by atoms with E-state index >= 15 is 0 Å². The minimum Gasteiger partial charge on any atom is -0.310 e. The SMILES string of the molecule is CC(C)(C)c1cc(-c2cccc3cccc(-c4ccccc4N(c4cccc(-c5cccc6sc7ccccc7c56)c4)c4ccc5ccccc5c4)c23)cc(C(C)(C)C)c1. The third kappa shape index (κ3) is 6.76. The van der Waals surface area contributed by atoms with E-state index in [1.54, 1.807) is 0 Å². The van der Waals surface area contributed by atoms with E-state index in [2.05, 4.69) is 234 Å². The summed E-state index contributed by atoms with van der Waals surface area (Å²) in [7, 11) is 0. The number of thiophene rings is 1. The standard InChI is InChI=1S/C58H49NS/c1-57(2,3)43-33-42(34-44(37-43)58(4,5)6)48-25-14-19-39-20-15-27-50(55(39)48)49-23-9-11-28-52(49)59(46-32-31-38-17-7-8-18-40(38)35-46)45-22-13-21-41(36-45)47-26-16-30-54-56(47)51-24-10-12-29-53(51)60-54/h7-37H,1-6H3. The van der Waals surface area contributed by atoms with Gasteiger partial charge in [0, 0.05) is 37.1 Å². The molecule has 1 heterocycles. The minimum atomic E-state index is 0.00691. The summed E-state index contributed by atoms with van der Waals surface area (Å²) in [4.78, 5) is 2.47. The molecule has 0 atom stereocenters. The van der Waals surface area contributed by atoms with E-state index in [1.165, 1.54) is 86.2 Å². The van der Waals surface area contributed by atoms with Crippen LogP contribution in [0.1, 0.15) is 52.7 Å². The zero-order valence-corrected chi connectivity index (χ0v) is 36.1. The molecule has 0 N–H and O–H groups in total. The molecule has 60 heavy (non-hydrogen) atoms. The molecular formula is C58H49NS. The predicted octanol–water partition coefficient (Wildman–Crippen LogP) is 17.4. The van der Waals surface area contributed by atoms with Gasteiger partial charge in [0.1, 0.15) is 0 Å². The number of nitrogens with zero attached hydrogens (tertiary/aromatic N) is 1. The zero-order valence-electron chi connectivity index (χ0n) is 35.3. The van der Waals surface area contributed by atoms with Crippen LogP contribution in [-0.2, 0) is 10.8 Å². The number of hydrogen-bond donors (Lipinski definition) is 0. The van der Waals surface area contributed by atoms with Gasteiger partial charge in [0.2, 0.25) is 0 Å². The highest BCUT2D eigenvalue weighted by Gasteiger charge is 2.24. The number of rotatable bonds is 6. The van der Waals surface area contributed by atoms with Gasteiger partial charge in [-0.2, -0.15) is 0 Å². The summed E-state index contributed by atoms with van der Waals surface area (Å²) in [5, 5.41) is 7.57. The molecule has 1 aromatic heterocycles. The van der Waals surface area contributed by atoms with Gasteiger partial charge in [-0.15, -0.1) is 11.3 Å². The molecule has 2 heteroatoms. The summed E-state index contributed by atoms with van der Waals surface area (Å²) in [5.74, 6) is 0. The molecule has 9 aromatic carbocycles. The molecule has 292 valence electrons. The summed E-state index contributed by atoms with van der Waals surface area (Å²) in [6.07, 6.45) is 0. The molecule has 0 radical (unpaired) electrons. The van der Waals surface area contributed by atoms with Crippen molar-refractivity contribution in [3.63, 3.8) is 0 Å². The second-order valence-electron chi connectivity index (χ2n) is 18.2. The smallest absolute Gasteiger partial charge is 0.0540 e. The normalized spacial score (nSPS) is 12.2. The number of hydrogen-bond acceptors (Lipinski definition) is 2. The van der Waals surface area contributed by atoms with Crippen molar-refractivity contribution < 1.29 is 0 Å². The molecule has 0 bridgehead atoms. The van der Waals surface area contributed by atoms with E-state index < -0.39 is 0 Å². The fourth-order valence-electron chi connectivity index (χ4n) is 8.92. The second-order valence-corrected chi connectivity index (χ2v) is 19.3. The average molecular weight is 792 g/mol. The Hall–Kier alpha value is -6.48. The first-order chi connectivity index (χ1) is 29.0. The van der Waals surface area contributed by atoms with Crippen LogP contribution in [0.3, 0.4) is 0 Å². The molecule has 0 aliphatic heterocycles. The Bertz CT molecular complexity index is 3200. The summed E-state index contributed by atoms with van der Waals surface area (Å²) in [6, 6.07) is 70.1. The van der Waals surface area contributed by atoms with E-state index in [-0.39, 0.29) is 10.8 Å². The molecule has 1 nitrogen and oxygen atoms in total. The molecule has 0 aliphatic rings. The lowest BCUT2D eigenvalue weighted by molar-refractivity contribution is 0.569. The molecule has 0 fully saturated rings. The van der Waals surface area contributed by atoms with Crippen LogP contribution in [0.2, 0.25) is 0 Å².